The van der Waals surface area contributed by atoms with Gasteiger partial charge in [0, 0.05) is 41.7 Å². The van der Waals surface area contributed by atoms with Crippen LogP contribution in [-0.4, -0.2) is 77.1 Å². The minimum absolute atomic E-state index is 0.0329. The van der Waals surface area contributed by atoms with Crippen LogP contribution in [0.25, 0.3) is 0 Å². The maximum Gasteiger partial charge on any atom is 0.315 e. The maximum absolute atomic E-state index is 12.0. The van der Waals surface area contributed by atoms with Crippen molar-refractivity contribution in [1.29, 1.82) is 0 Å². The lowest BCUT2D eigenvalue weighted by molar-refractivity contribution is -0.123. The van der Waals surface area contributed by atoms with E-state index in [0.717, 1.165) is 31.4 Å². The number of hydrogen-bond acceptors (Lipinski definition) is 8. The van der Waals surface area contributed by atoms with Gasteiger partial charge < -0.3 is 27.0 Å². The number of carbonyl (C=O) groups is 3. The highest BCUT2D eigenvalue weighted by atomic mass is 32.8. The summed E-state index contributed by atoms with van der Waals surface area (Å²) in [7, 11) is -1.49. The fourth-order valence-electron chi connectivity index (χ4n) is 3.72. The van der Waals surface area contributed by atoms with E-state index in [1.165, 1.54) is 7.11 Å². The molecular formula is C19H35N5O5S3. The molecule has 13 heteroatoms. The van der Waals surface area contributed by atoms with E-state index in [9.17, 15) is 18.6 Å². The van der Waals surface area contributed by atoms with Crippen molar-refractivity contribution >= 4 is 49.6 Å². The molecular weight excluding hydrogens is 474 g/mol. The van der Waals surface area contributed by atoms with Crippen LogP contribution >= 0.6 is 11.8 Å². The molecule has 2 heterocycles. The highest BCUT2D eigenvalue weighted by Gasteiger charge is 2.42. The molecule has 2 saturated heterocycles. The maximum atomic E-state index is 12.0. The standard InChI is InChI=1S/C19H35N5O5S3/c1-29-32(28,30)11-10-22-18(26)13(20)6-4-5-9-21-16(25)8-3-2-7-15-17-14(12-31-15)23-19(27)24-17/h13-15,17H,2-12,20H2,1H3,(H,21,25)(H,22,26)(H2,23,24,27)/t13-,14+,15+,17-,32?/m1/s1. The van der Waals surface area contributed by atoms with Crippen LogP contribution in [0.1, 0.15) is 44.9 Å². The van der Waals surface area contributed by atoms with Gasteiger partial charge >= 0.3 is 6.03 Å². The van der Waals surface area contributed by atoms with Crippen molar-refractivity contribution in [3.05, 3.63) is 0 Å². The van der Waals surface area contributed by atoms with Crippen molar-refractivity contribution in [2.75, 3.05) is 31.7 Å². The van der Waals surface area contributed by atoms with Gasteiger partial charge in [-0.2, -0.15) is 11.8 Å². The Morgan fingerprint density at radius 3 is 2.78 bits per heavy atom. The number of unbranched alkanes of at least 4 members (excludes halogenated alkanes) is 2. The van der Waals surface area contributed by atoms with Gasteiger partial charge in [-0.25, -0.2) is 9.00 Å². The first kappa shape index (κ1) is 27.1. The van der Waals surface area contributed by atoms with E-state index in [1.807, 2.05) is 11.8 Å². The zero-order chi connectivity index (χ0) is 23.6. The Morgan fingerprint density at radius 1 is 1.25 bits per heavy atom. The summed E-state index contributed by atoms with van der Waals surface area (Å²) in [5.41, 5.74) is 5.86. The van der Waals surface area contributed by atoms with E-state index < -0.39 is 14.8 Å². The number of urea groups is 1. The zero-order valence-corrected chi connectivity index (χ0v) is 20.9. The van der Waals surface area contributed by atoms with Gasteiger partial charge in [0.2, 0.25) is 11.8 Å². The summed E-state index contributed by atoms with van der Waals surface area (Å²) in [5.74, 6) is 0.738. The van der Waals surface area contributed by atoms with Gasteiger partial charge in [0.25, 0.3) is 0 Å². The molecule has 0 spiro atoms. The second-order valence-corrected chi connectivity index (χ2v) is 12.7. The van der Waals surface area contributed by atoms with Gasteiger partial charge in [-0.1, -0.05) is 6.42 Å². The van der Waals surface area contributed by atoms with E-state index in [-0.39, 0.29) is 42.2 Å². The molecule has 0 aromatic rings. The van der Waals surface area contributed by atoms with Crippen molar-refractivity contribution < 1.29 is 22.8 Å². The minimum atomic E-state index is -2.77. The third kappa shape index (κ3) is 9.38. The lowest BCUT2D eigenvalue weighted by Crippen LogP contribution is -2.42. The number of nitrogens with two attached hydrogens (primary N) is 1. The first-order valence-electron chi connectivity index (χ1n) is 11.0. The first-order chi connectivity index (χ1) is 15.2. The Kier molecular flexibility index (Phi) is 11.5. The van der Waals surface area contributed by atoms with Crippen LogP contribution in [-0.2, 0) is 33.7 Å². The highest BCUT2D eigenvalue weighted by Crippen LogP contribution is 2.33. The monoisotopic (exact) mass is 509 g/mol. The molecule has 2 aliphatic rings. The molecule has 0 aromatic carbocycles. The van der Waals surface area contributed by atoms with E-state index in [1.54, 1.807) is 0 Å². The summed E-state index contributed by atoms with van der Waals surface area (Å²) in [6.45, 7) is 0.712. The Morgan fingerprint density at radius 2 is 2.03 bits per heavy atom. The number of carbonyl (C=O) groups excluding carboxylic acids is 3. The van der Waals surface area contributed by atoms with Crippen molar-refractivity contribution in [2.45, 2.75) is 68.3 Å². The number of rotatable bonds is 15. The molecule has 32 heavy (non-hydrogen) atoms. The first-order valence-corrected chi connectivity index (χ1v) is 14.6. The van der Waals surface area contributed by atoms with Crippen LogP contribution in [0.5, 0.6) is 0 Å². The average Bonchev–Trinajstić information content (AvgIpc) is 3.29. The second-order valence-electron chi connectivity index (χ2n) is 8.04. The van der Waals surface area contributed by atoms with E-state index in [2.05, 4.69) is 25.5 Å². The Bertz CT molecular complexity index is 752. The predicted octanol–water partition coefficient (Wildman–Crippen LogP) is -0.250. The Labute approximate surface area is 199 Å². The molecule has 184 valence electrons. The summed E-state index contributed by atoms with van der Waals surface area (Å²) in [6.07, 6.45) is 5.23. The summed E-state index contributed by atoms with van der Waals surface area (Å²) in [6, 6.07) is -0.275. The summed E-state index contributed by atoms with van der Waals surface area (Å²) in [5, 5.41) is 11.9. The van der Waals surface area contributed by atoms with Crippen LogP contribution in [0.4, 0.5) is 4.79 Å². The Balaban J connectivity index is 1.44. The smallest absolute Gasteiger partial charge is 0.315 e. The van der Waals surface area contributed by atoms with Crippen LogP contribution in [0.3, 0.4) is 0 Å². The van der Waals surface area contributed by atoms with Crippen LogP contribution < -0.4 is 27.0 Å². The van der Waals surface area contributed by atoms with Gasteiger partial charge in [0.15, 0.2) is 0 Å². The topological polar surface area (TPSA) is 152 Å². The molecule has 2 fully saturated rings. The van der Waals surface area contributed by atoms with Crippen molar-refractivity contribution in [3.63, 3.8) is 0 Å². The van der Waals surface area contributed by atoms with Gasteiger partial charge in [-0.3, -0.25) is 13.8 Å². The van der Waals surface area contributed by atoms with Crippen LogP contribution in [0.15, 0.2) is 0 Å². The van der Waals surface area contributed by atoms with Crippen molar-refractivity contribution in [2.24, 2.45) is 5.73 Å². The summed E-state index contributed by atoms with van der Waals surface area (Å²) in [4.78, 5) is 35.3. The van der Waals surface area contributed by atoms with Gasteiger partial charge in [0.1, 0.15) is 8.77 Å². The molecule has 0 aromatic heterocycles. The average molecular weight is 510 g/mol. The number of amides is 4. The SMILES string of the molecule is COS(=O)(=S)CCNC(=O)[C@H](N)CCCCNC(=O)CCCC[C@@H]1SC[C@@H]2NC(=O)N[C@H]21. The molecule has 4 amide bonds. The molecule has 6 N–H and O–H groups in total. The molecule has 2 aliphatic heterocycles. The van der Waals surface area contributed by atoms with Crippen molar-refractivity contribution in [3.8, 4) is 0 Å². The van der Waals surface area contributed by atoms with Gasteiger partial charge in [-0.05, 0) is 32.1 Å². The largest absolute Gasteiger partial charge is 0.356 e. The predicted molar refractivity (Wildman–Crippen MR) is 129 cm³/mol. The number of thioether (sulfide) groups is 1. The molecule has 1 unspecified atom stereocenters. The zero-order valence-electron chi connectivity index (χ0n) is 18.4. The third-order valence-electron chi connectivity index (χ3n) is 5.59. The number of nitrogens with one attached hydrogen (secondary N) is 4. The number of fused-ring (bicyclic) bond motifs is 1. The lowest BCUT2D eigenvalue weighted by Gasteiger charge is -2.16. The summed E-state index contributed by atoms with van der Waals surface area (Å²) < 4.78 is 16.2. The minimum Gasteiger partial charge on any atom is -0.356 e. The van der Waals surface area contributed by atoms with Gasteiger partial charge in [-0.15, -0.1) is 0 Å². The molecule has 10 nitrogen and oxygen atoms in total. The second kappa shape index (κ2) is 13.5. The van der Waals surface area contributed by atoms with Crippen molar-refractivity contribution in [1.82, 2.24) is 21.3 Å². The fourth-order valence-corrected chi connectivity index (χ4v) is 6.04. The third-order valence-corrected chi connectivity index (χ3v) is 9.22. The van der Waals surface area contributed by atoms with Gasteiger partial charge in [0.05, 0.1) is 31.0 Å². The van der Waals surface area contributed by atoms with E-state index in [4.69, 9.17) is 16.9 Å². The van der Waals surface area contributed by atoms with Crippen LogP contribution in [0.2, 0.25) is 0 Å². The summed E-state index contributed by atoms with van der Waals surface area (Å²) >= 11 is 6.62. The molecule has 5 atom stereocenters. The Hall–Kier alpha value is -1.15. The molecule has 0 bridgehead atoms. The normalized spacial score (nSPS) is 24.7. The highest BCUT2D eigenvalue weighted by molar-refractivity contribution is 8.30. The quantitative estimate of drug-likeness (QED) is 0.150. The molecule has 0 saturated carbocycles. The molecule has 0 radical (unpaired) electrons. The lowest BCUT2D eigenvalue weighted by atomic mass is 10.0. The van der Waals surface area contributed by atoms with E-state index in [0.29, 0.717) is 31.1 Å². The number of hydrogen-bond donors (Lipinski definition) is 5. The molecule has 0 aliphatic carbocycles. The van der Waals surface area contributed by atoms with Crippen LogP contribution in [0, 0.1) is 0 Å². The molecule has 2 rings (SSSR count). The fraction of sp³-hybridized carbons (Fsp3) is 0.842. The van der Waals surface area contributed by atoms with E-state index >= 15 is 0 Å².